The van der Waals surface area contributed by atoms with E-state index in [0.29, 0.717) is 47.9 Å². The van der Waals surface area contributed by atoms with Gasteiger partial charge < -0.3 is 25.3 Å². The summed E-state index contributed by atoms with van der Waals surface area (Å²) in [7, 11) is -5.38. The zero-order chi connectivity index (χ0) is 44.4. The molecule has 0 saturated heterocycles. The van der Waals surface area contributed by atoms with Crippen LogP contribution in [-0.2, 0) is 46.0 Å². The van der Waals surface area contributed by atoms with Crippen molar-refractivity contribution in [1.82, 2.24) is 38.5 Å². The minimum atomic E-state index is -3.70. The number of hydrogen-bond donors (Lipinski definition) is 4. The Morgan fingerprint density at radius 2 is 1.15 bits per heavy atom. The molecule has 0 aliphatic rings. The molecule has 18 heteroatoms. The van der Waals surface area contributed by atoms with E-state index in [1.165, 1.54) is 13.4 Å². The summed E-state index contributed by atoms with van der Waals surface area (Å²) < 4.78 is 63.7. The van der Waals surface area contributed by atoms with Crippen LogP contribution in [0.3, 0.4) is 0 Å². The van der Waals surface area contributed by atoms with Gasteiger partial charge in [0.2, 0.25) is 20.0 Å². The zero-order valence-electron chi connectivity index (χ0n) is 35.8. The Labute approximate surface area is 372 Å². The average Bonchev–Trinajstić information content (AvgIpc) is 3.81. The molecule has 4 aromatic heterocycles. The summed E-state index contributed by atoms with van der Waals surface area (Å²) in [6, 6.07) is 20.8. The van der Waals surface area contributed by atoms with E-state index in [1.54, 1.807) is 18.2 Å². The number of ether oxygens (including phenoxy) is 1. The van der Waals surface area contributed by atoms with Crippen LogP contribution in [-0.4, -0.2) is 72.4 Å². The van der Waals surface area contributed by atoms with Crippen LogP contribution < -0.4 is 25.6 Å². The maximum absolute atomic E-state index is 12.8. The van der Waals surface area contributed by atoms with Crippen molar-refractivity contribution < 1.29 is 21.6 Å². The van der Waals surface area contributed by atoms with Gasteiger partial charge in [0.05, 0.1) is 35.4 Å². The average molecular weight is 950 g/mol. The van der Waals surface area contributed by atoms with E-state index in [4.69, 9.17) is 26.2 Å². The van der Waals surface area contributed by atoms with Gasteiger partial charge in [0.25, 0.3) is 0 Å². The van der Waals surface area contributed by atoms with Crippen molar-refractivity contribution in [2.45, 2.75) is 96.0 Å². The number of aromatic nitrogens is 6. The minimum absolute atomic E-state index is 0.117. The molecule has 0 fully saturated rings. The van der Waals surface area contributed by atoms with Crippen molar-refractivity contribution in [2.24, 2.45) is 0 Å². The third kappa shape index (κ3) is 11.2. The van der Waals surface area contributed by atoms with Crippen molar-refractivity contribution >= 4 is 91.5 Å². The van der Waals surface area contributed by atoms with Crippen molar-refractivity contribution in [3.63, 3.8) is 0 Å². The van der Waals surface area contributed by atoms with Crippen molar-refractivity contribution in [3.8, 4) is 5.75 Å². The number of imidazole rings is 2. The van der Waals surface area contributed by atoms with Gasteiger partial charge in [-0.2, -0.15) is 0 Å². The summed E-state index contributed by atoms with van der Waals surface area (Å²) in [6.45, 7) is 6.57. The largest absolute Gasteiger partial charge is 0.495 e. The number of rotatable bonds is 20. The van der Waals surface area contributed by atoms with Gasteiger partial charge in [-0.05, 0) is 68.9 Å². The van der Waals surface area contributed by atoms with Gasteiger partial charge in [-0.15, -0.1) is 0 Å². The standard InChI is InChI=1S/C25H30BrN5O3S.C19H27N5O2S/c1-3-4-11-22-30-23-24(18-9-5-6-10-19(18)29-25(23)27)31(22)15-8-7-14-28-35(32,33)21-16-17(26)12-13-20(21)34-2;1-3-4-11-16-23-17-18(14-9-5-6-10-15(14)22-19(17)20)24(16)13-8-7-12-21-27(2,25)26/h5-6,9-10,12-13,16,28H,3-4,7-8,11,14-15H2,1-2H3,(H2,27,29);5-6,9-10,21H,3-4,7-8,11-13H2,1-2H3,(H2,20,22). The number of anilines is 2. The number of pyridine rings is 2. The number of hydrogen-bond acceptors (Lipinski definition) is 11. The van der Waals surface area contributed by atoms with Gasteiger partial charge in [-0.3, -0.25) is 0 Å². The van der Waals surface area contributed by atoms with E-state index in [-0.39, 0.29) is 4.90 Å². The molecular formula is C44H57BrN10O5S2. The maximum atomic E-state index is 12.8. The number of benzene rings is 3. The third-order valence-corrected chi connectivity index (χ3v) is 13.3. The summed E-state index contributed by atoms with van der Waals surface area (Å²) in [4.78, 5) is 18.8. The summed E-state index contributed by atoms with van der Waals surface area (Å²) in [6.07, 6.45) is 10.2. The lowest BCUT2D eigenvalue weighted by molar-refractivity contribution is 0.402. The van der Waals surface area contributed by atoms with Crippen LogP contribution >= 0.6 is 15.9 Å². The Morgan fingerprint density at radius 3 is 1.61 bits per heavy atom. The number of nitrogen functional groups attached to an aromatic ring is 2. The molecular weight excluding hydrogens is 893 g/mol. The van der Waals surface area contributed by atoms with Crippen LogP contribution in [0.1, 0.15) is 76.9 Å². The second-order valence-electron chi connectivity index (χ2n) is 15.3. The number of para-hydroxylation sites is 2. The topological polar surface area (TPSA) is 215 Å². The Morgan fingerprint density at radius 1 is 0.661 bits per heavy atom. The van der Waals surface area contributed by atoms with E-state index in [9.17, 15) is 16.8 Å². The summed E-state index contributed by atoms with van der Waals surface area (Å²) in [5.41, 5.74) is 17.7. The third-order valence-electron chi connectivity index (χ3n) is 10.6. The SMILES string of the molecule is CCCCc1nc2c(N)nc3ccccc3c2n1CCCCNS(=O)(=O)c1cc(Br)ccc1OC.CCCCc1nc2c(N)nc3ccccc3c2n1CCCCNS(C)(=O)=O. The highest BCUT2D eigenvalue weighted by Crippen LogP contribution is 2.32. The van der Waals surface area contributed by atoms with Crippen molar-refractivity contribution in [1.29, 1.82) is 0 Å². The van der Waals surface area contributed by atoms with Gasteiger partial charge in [0.1, 0.15) is 33.3 Å². The Hall–Kier alpha value is -4.88. The predicted molar refractivity (Wildman–Crippen MR) is 253 cm³/mol. The smallest absolute Gasteiger partial charge is 0.244 e. The Kier molecular flexibility index (Phi) is 15.8. The zero-order valence-corrected chi connectivity index (χ0v) is 39.0. The van der Waals surface area contributed by atoms with Gasteiger partial charge in [0.15, 0.2) is 11.6 Å². The highest BCUT2D eigenvalue weighted by molar-refractivity contribution is 9.10. The molecule has 332 valence electrons. The lowest BCUT2D eigenvalue weighted by Crippen LogP contribution is -2.25. The van der Waals surface area contributed by atoms with Crippen molar-refractivity contribution in [2.75, 3.05) is 37.9 Å². The molecule has 0 spiro atoms. The van der Waals surface area contributed by atoms with Gasteiger partial charge in [-0.1, -0.05) is 79.0 Å². The molecule has 0 aliphatic carbocycles. The monoisotopic (exact) mass is 948 g/mol. The lowest BCUT2D eigenvalue weighted by atomic mass is 10.2. The molecule has 0 unspecified atom stereocenters. The van der Waals surface area contributed by atoms with Gasteiger partial charge in [-0.25, -0.2) is 46.2 Å². The molecule has 6 N–H and O–H groups in total. The number of nitrogens with one attached hydrogen (secondary N) is 2. The molecule has 7 rings (SSSR count). The molecule has 62 heavy (non-hydrogen) atoms. The Bertz CT molecular complexity index is 2880. The highest BCUT2D eigenvalue weighted by Gasteiger charge is 2.21. The highest BCUT2D eigenvalue weighted by atomic mass is 79.9. The fraction of sp³-hybridized carbons (Fsp3) is 0.409. The first kappa shape index (κ1) is 46.6. The summed E-state index contributed by atoms with van der Waals surface area (Å²) in [5, 5.41) is 2.07. The summed E-state index contributed by atoms with van der Waals surface area (Å²) in [5.74, 6) is 3.22. The number of aryl methyl sites for hydroxylation is 4. The number of fused-ring (bicyclic) bond motifs is 6. The van der Waals surface area contributed by atoms with Gasteiger partial charge >= 0.3 is 0 Å². The lowest BCUT2D eigenvalue weighted by Gasteiger charge is -2.13. The predicted octanol–water partition coefficient (Wildman–Crippen LogP) is 7.88. The van der Waals surface area contributed by atoms with E-state index < -0.39 is 20.0 Å². The van der Waals surface area contributed by atoms with E-state index in [1.807, 2.05) is 42.5 Å². The van der Waals surface area contributed by atoms with Crippen LogP contribution in [0.25, 0.3) is 43.9 Å². The van der Waals surface area contributed by atoms with Crippen LogP contribution in [0.15, 0.2) is 76.1 Å². The van der Waals surface area contributed by atoms with Crippen molar-refractivity contribution in [3.05, 3.63) is 82.9 Å². The molecule has 0 saturated carbocycles. The molecule has 0 aliphatic heterocycles. The van der Waals surface area contributed by atoms with E-state index in [0.717, 1.165) is 120 Å². The number of sulfonamides is 2. The van der Waals surface area contributed by atoms with E-state index in [2.05, 4.69) is 64.4 Å². The second-order valence-corrected chi connectivity index (χ2v) is 19.7. The number of nitrogens with zero attached hydrogens (tertiary/aromatic N) is 6. The number of nitrogens with two attached hydrogens (primary N) is 2. The fourth-order valence-electron chi connectivity index (χ4n) is 7.54. The molecule has 3 aromatic carbocycles. The maximum Gasteiger partial charge on any atom is 0.244 e. The van der Waals surface area contributed by atoms with Gasteiger partial charge in [0, 0.05) is 54.3 Å². The first-order valence-corrected chi connectivity index (χ1v) is 25.3. The normalized spacial score (nSPS) is 12.1. The molecule has 0 atom stereocenters. The fourth-order valence-corrected chi connectivity index (χ4v) is 9.83. The van der Waals surface area contributed by atoms with E-state index >= 15 is 0 Å². The molecule has 0 bridgehead atoms. The van der Waals surface area contributed by atoms with Crippen LogP contribution in [0.4, 0.5) is 11.6 Å². The first-order valence-electron chi connectivity index (χ1n) is 21.1. The van der Waals surface area contributed by atoms with Crippen LogP contribution in [0.2, 0.25) is 0 Å². The first-order chi connectivity index (χ1) is 29.8. The molecule has 7 aromatic rings. The molecule has 4 heterocycles. The van der Waals surface area contributed by atoms with Crippen LogP contribution in [0.5, 0.6) is 5.75 Å². The number of halogens is 1. The summed E-state index contributed by atoms with van der Waals surface area (Å²) >= 11 is 3.33. The quantitative estimate of drug-likeness (QED) is 0.0539. The number of methoxy groups -OCH3 is 1. The minimum Gasteiger partial charge on any atom is -0.495 e. The molecule has 0 amide bonds. The second kappa shape index (κ2) is 21.0. The molecule has 0 radical (unpaired) electrons. The van der Waals surface area contributed by atoms with Crippen LogP contribution in [0, 0.1) is 0 Å². The molecule has 15 nitrogen and oxygen atoms in total. The Balaban J connectivity index is 0.000000214. The number of unbranched alkanes of at least 4 members (excludes halogenated alkanes) is 4.